The lowest BCUT2D eigenvalue weighted by atomic mass is 10.1. The molecule has 0 bridgehead atoms. The minimum atomic E-state index is -4.84. The maximum atomic E-state index is 12.7. The Labute approximate surface area is 198 Å². The lowest BCUT2D eigenvalue weighted by molar-refractivity contribution is -0.274. The Morgan fingerprint density at radius 2 is 1.89 bits per heavy atom. The average Bonchev–Trinajstić information content (AvgIpc) is 3.48. The largest absolute Gasteiger partial charge is 0.573 e. The Bertz CT molecular complexity index is 1450. The van der Waals surface area contributed by atoms with Gasteiger partial charge in [0.15, 0.2) is 0 Å². The SMILES string of the molecule is O=S(=O)(NC1CCN(c2ncnc3[nH]c(C4=C=CC=C4)cc23)CC1)c1ccc(OC(F)(F)F)cc1. The lowest BCUT2D eigenvalue weighted by Gasteiger charge is -2.33. The molecular weight excluding hydrogens is 483 g/mol. The van der Waals surface area contributed by atoms with Crippen LogP contribution < -0.4 is 14.4 Å². The van der Waals surface area contributed by atoms with Crippen molar-refractivity contribution < 1.29 is 26.3 Å². The molecule has 1 aromatic carbocycles. The van der Waals surface area contributed by atoms with Crippen LogP contribution in [0.5, 0.6) is 5.75 Å². The monoisotopic (exact) mass is 503 g/mol. The number of nitrogens with zero attached hydrogens (tertiary/aromatic N) is 3. The van der Waals surface area contributed by atoms with Crippen LogP contribution in [-0.4, -0.2) is 48.9 Å². The number of anilines is 1. The number of allylic oxidation sites excluding steroid dienone is 3. The molecule has 182 valence electrons. The maximum Gasteiger partial charge on any atom is 0.573 e. The molecule has 0 saturated carbocycles. The van der Waals surface area contributed by atoms with E-state index in [4.69, 9.17) is 0 Å². The summed E-state index contributed by atoms with van der Waals surface area (Å²) in [7, 11) is -3.90. The molecule has 2 aromatic heterocycles. The number of hydrogen-bond acceptors (Lipinski definition) is 6. The van der Waals surface area contributed by atoms with Crippen LogP contribution >= 0.6 is 0 Å². The lowest BCUT2D eigenvalue weighted by Crippen LogP contribution is -2.44. The van der Waals surface area contributed by atoms with Gasteiger partial charge in [0.2, 0.25) is 10.0 Å². The van der Waals surface area contributed by atoms with Gasteiger partial charge in [-0.15, -0.1) is 18.9 Å². The highest BCUT2D eigenvalue weighted by Crippen LogP contribution is 2.30. The molecule has 0 radical (unpaired) electrons. The number of aromatic amines is 1. The van der Waals surface area contributed by atoms with Crippen molar-refractivity contribution >= 4 is 32.4 Å². The van der Waals surface area contributed by atoms with E-state index in [1.54, 1.807) is 0 Å². The van der Waals surface area contributed by atoms with Gasteiger partial charge >= 0.3 is 6.36 Å². The fourth-order valence-electron chi connectivity index (χ4n) is 4.14. The standard InChI is InChI=1S/C23H20F3N5O3S/c24-23(25,26)34-17-5-7-18(8-6-17)35(32,33)30-16-9-11-31(12-10-16)22-19-13-20(15-3-1-2-4-15)29-21(19)27-14-28-22/h1-3,5-8,13-14,16,30H,9-12H2,(H,27,28,29). The third-order valence-corrected chi connectivity index (χ3v) is 7.31. The smallest absolute Gasteiger partial charge is 0.406 e. The van der Waals surface area contributed by atoms with E-state index in [-0.39, 0.29) is 10.9 Å². The molecule has 3 heterocycles. The quantitative estimate of drug-likeness (QED) is 0.495. The van der Waals surface area contributed by atoms with E-state index in [0.717, 1.165) is 46.7 Å². The van der Waals surface area contributed by atoms with Gasteiger partial charge in [-0.1, -0.05) is 6.08 Å². The zero-order chi connectivity index (χ0) is 24.6. The molecule has 0 atom stereocenters. The summed E-state index contributed by atoms with van der Waals surface area (Å²) in [6, 6.07) is 5.79. The van der Waals surface area contributed by atoms with Gasteiger partial charge in [-0.3, -0.25) is 0 Å². The molecule has 0 unspecified atom stereocenters. The Morgan fingerprint density at radius 1 is 1.14 bits per heavy atom. The van der Waals surface area contributed by atoms with Crippen LogP contribution in [0.25, 0.3) is 16.6 Å². The number of sulfonamides is 1. The summed E-state index contributed by atoms with van der Waals surface area (Å²) in [5.41, 5.74) is 5.68. The number of piperidine rings is 1. The first-order valence-corrected chi connectivity index (χ1v) is 12.3. The predicted molar refractivity (Wildman–Crippen MR) is 123 cm³/mol. The third-order valence-electron chi connectivity index (χ3n) is 5.78. The number of fused-ring (bicyclic) bond motifs is 1. The van der Waals surface area contributed by atoms with E-state index in [9.17, 15) is 21.6 Å². The zero-order valence-electron chi connectivity index (χ0n) is 18.2. The molecule has 1 fully saturated rings. The fourth-order valence-corrected chi connectivity index (χ4v) is 5.44. The summed E-state index contributed by atoms with van der Waals surface area (Å²) in [6.07, 6.45) is 3.42. The molecule has 5 rings (SSSR count). The first-order valence-electron chi connectivity index (χ1n) is 10.8. The third kappa shape index (κ3) is 5.09. The number of nitrogens with one attached hydrogen (secondary N) is 2. The number of aromatic nitrogens is 3. The summed E-state index contributed by atoms with van der Waals surface area (Å²) < 4.78 is 68.9. The number of benzene rings is 1. The maximum absolute atomic E-state index is 12.7. The number of ether oxygens (including phenoxy) is 1. The second-order valence-electron chi connectivity index (χ2n) is 8.13. The van der Waals surface area contributed by atoms with Crippen molar-refractivity contribution in [2.24, 2.45) is 0 Å². The highest BCUT2D eigenvalue weighted by Gasteiger charge is 2.31. The molecule has 8 nitrogen and oxygen atoms in total. The average molecular weight is 504 g/mol. The normalized spacial score (nSPS) is 16.8. The van der Waals surface area contributed by atoms with Gasteiger partial charge in [0, 0.05) is 24.7 Å². The van der Waals surface area contributed by atoms with E-state index in [0.29, 0.717) is 31.6 Å². The van der Waals surface area contributed by atoms with Gasteiger partial charge in [0.1, 0.15) is 23.5 Å². The van der Waals surface area contributed by atoms with Crippen molar-refractivity contribution in [1.82, 2.24) is 19.7 Å². The molecular formula is C23H20F3N5O3S. The van der Waals surface area contributed by atoms with E-state index >= 15 is 0 Å². The number of rotatable bonds is 6. The summed E-state index contributed by atoms with van der Waals surface area (Å²) in [6.45, 7) is 1.14. The van der Waals surface area contributed by atoms with Crippen LogP contribution in [0.4, 0.5) is 19.0 Å². The van der Waals surface area contributed by atoms with Gasteiger partial charge in [-0.05, 0) is 55.3 Å². The first kappa shape index (κ1) is 23.2. The van der Waals surface area contributed by atoms with Gasteiger partial charge in [0.25, 0.3) is 0 Å². The number of alkyl halides is 3. The van der Waals surface area contributed by atoms with Crippen LogP contribution in [0.1, 0.15) is 18.5 Å². The summed E-state index contributed by atoms with van der Waals surface area (Å²) in [5, 5.41) is 0.872. The highest BCUT2D eigenvalue weighted by atomic mass is 32.2. The molecule has 1 aliphatic carbocycles. The molecule has 0 spiro atoms. The van der Waals surface area contributed by atoms with E-state index in [1.807, 2.05) is 24.3 Å². The van der Waals surface area contributed by atoms with E-state index in [1.165, 1.54) is 6.33 Å². The second kappa shape index (κ2) is 8.88. The minimum absolute atomic E-state index is 0.129. The molecule has 3 aromatic rings. The van der Waals surface area contributed by atoms with E-state index < -0.39 is 22.1 Å². The van der Waals surface area contributed by atoms with Crippen molar-refractivity contribution in [3.63, 3.8) is 0 Å². The Kier molecular flexibility index (Phi) is 5.87. The molecule has 12 heteroatoms. The molecule has 1 saturated heterocycles. The van der Waals surface area contributed by atoms with Gasteiger partial charge in [-0.25, -0.2) is 23.1 Å². The molecule has 2 aliphatic rings. The Morgan fingerprint density at radius 3 is 2.54 bits per heavy atom. The van der Waals surface area contributed by atoms with Crippen molar-refractivity contribution in [2.75, 3.05) is 18.0 Å². The molecule has 2 N–H and O–H groups in total. The Hall–Kier alpha value is -3.60. The van der Waals surface area contributed by atoms with Crippen LogP contribution in [0, 0.1) is 0 Å². The topological polar surface area (TPSA) is 100 Å². The van der Waals surface area contributed by atoms with Gasteiger partial charge < -0.3 is 14.6 Å². The van der Waals surface area contributed by atoms with Crippen molar-refractivity contribution in [1.29, 1.82) is 0 Å². The minimum Gasteiger partial charge on any atom is -0.406 e. The highest BCUT2D eigenvalue weighted by molar-refractivity contribution is 7.89. The van der Waals surface area contributed by atoms with Crippen LogP contribution in [0.3, 0.4) is 0 Å². The second-order valence-corrected chi connectivity index (χ2v) is 9.84. The van der Waals surface area contributed by atoms with E-state index in [2.05, 4.69) is 35.0 Å². The zero-order valence-corrected chi connectivity index (χ0v) is 19.0. The van der Waals surface area contributed by atoms with Crippen molar-refractivity contribution in [3.05, 3.63) is 66.3 Å². The van der Waals surface area contributed by atoms with Crippen LogP contribution in [-0.2, 0) is 10.0 Å². The Balaban J connectivity index is 1.25. The van der Waals surface area contributed by atoms with Crippen molar-refractivity contribution in [3.8, 4) is 5.75 Å². The fraction of sp³-hybridized carbons (Fsp3) is 0.261. The number of H-pyrrole nitrogens is 1. The first-order chi connectivity index (χ1) is 16.7. The molecule has 1 aliphatic heterocycles. The number of halogens is 3. The summed E-state index contributed by atoms with van der Waals surface area (Å²) in [5.74, 6) is 0.288. The van der Waals surface area contributed by atoms with Crippen molar-refractivity contribution in [2.45, 2.75) is 30.1 Å². The predicted octanol–water partition coefficient (Wildman–Crippen LogP) is 3.91. The van der Waals surface area contributed by atoms with Crippen LogP contribution in [0.15, 0.2) is 65.5 Å². The summed E-state index contributed by atoms with van der Waals surface area (Å²) in [4.78, 5) is 14.0. The molecule has 0 amide bonds. The van der Waals surface area contributed by atoms with Gasteiger partial charge in [0.05, 0.1) is 16.0 Å². The number of hydrogen-bond donors (Lipinski definition) is 2. The van der Waals surface area contributed by atoms with Crippen LogP contribution in [0.2, 0.25) is 0 Å². The summed E-state index contributed by atoms with van der Waals surface area (Å²) >= 11 is 0. The van der Waals surface area contributed by atoms with Gasteiger partial charge in [-0.2, -0.15) is 0 Å². The molecule has 35 heavy (non-hydrogen) atoms.